The van der Waals surface area contributed by atoms with Crippen molar-refractivity contribution in [3.8, 4) is 5.75 Å². The topological polar surface area (TPSA) is 69.0 Å². The van der Waals surface area contributed by atoms with Gasteiger partial charge in [-0.25, -0.2) is 4.79 Å². The fraction of sp³-hybridized carbons (Fsp3) is 0.583. The van der Waals surface area contributed by atoms with Crippen LogP contribution in [0.5, 0.6) is 5.75 Å². The highest BCUT2D eigenvalue weighted by molar-refractivity contribution is 5.83. The van der Waals surface area contributed by atoms with E-state index in [9.17, 15) is 9.59 Å². The summed E-state index contributed by atoms with van der Waals surface area (Å²) >= 11 is 0. The van der Waals surface area contributed by atoms with Crippen LogP contribution in [0.25, 0.3) is 11.0 Å². The zero-order valence-corrected chi connectivity index (χ0v) is 17.9. The fourth-order valence-electron chi connectivity index (χ4n) is 4.63. The molecule has 162 valence electrons. The number of aryl methyl sites for hydroxylation is 1. The highest BCUT2D eigenvalue weighted by Crippen LogP contribution is 2.29. The number of amides is 1. The third-order valence-corrected chi connectivity index (χ3v) is 6.37. The predicted octanol–water partition coefficient (Wildman–Crippen LogP) is 3.71. The van der Waals surface area contributed by atoms with Crippen LogP contribution in [0.15, 0.2) is 27.4 Å². The Kier molecular flexibility index (Phi) is 6.42. The van der Waals surface area contributed by atoms with Gasteiger partial charge >= 0.3 is 5.63 Å². The van der Waals surface area contributed by atoms with Crippen LogP contribution in [0.2, 0.25) is 0 Å². The van der Waals surface area contributed by atoms with Crippen molar-refractivity contribution in [3.05, 3.63) is 39.7 Å². The first-order valence-electron chi connectivity index (χ1n) is 11.2. The maximum Gasteiger partial charge on any atom is 0.339 e. The number of ether oxygens (including phenoxy) is 2. The second kappa shape index (κ2) is 9.21. The van der Waals surface area contributed by atoms with Crippen molar-refractivity contribution < 1.29 is 18.7 Å². The van der Waals surface area contributed by atoms with Gasteiger partial charge in [-0.2, -0.15) is 0 Å². The van der Waals surface area contributed by atoms with Crippen molar-refractivity contribution in [1.82, 2.24) is 4.90 Å². The van der Waals surface area contributed by atoms with E-state index in [-0.39, 0.29) is 11.5 Å². The Morgan fingerprint density at radius 2 is 1.93 bits per heavy atom. The summed E-state index contributed by atoms with van der Waals surface area (Å²) in [4.78, 5) is 27.2. The molecule has 1 atom stereocenters. The molecule has 1 aliphatic carbocycles. The summed E-state index contributed by atoms with van der Waals surface area (Å²) < 4.78 is 17.0. The Morgan fingerprint density at radius 1 is 1.20 bits per heavy atom. The number of carbonyl (C=O) groups excluding carboxylic acids is 1. The Morgan fingerprint density at radius 3 is 2.67 bits per heavy atom. The van der Waals surface area contributed by atoms with E-state index in [1.54, 1.807) is 13.0 Å². The molecule has 1 unspecified atom stereocenters. The van der Waals surface area contributed by atoms with Crippen molar-refractivity contribution in [2.75, 3.05) is 26.3 Å². The maximum atomic E-state index is 13.0. The summed E-state index contributed by atoms with van der Waals surface area (Å²) in [7, 11) is 0. The lowest BCUT2D eigenvalue weighted by atomic mass is 9.91. The first kappa shape index (κ1) is 20.9. The number of likely N-dealkylation sites (N-methyl/N-ethyl adjacent to an activating group) is 1. The molecule has 1 amide bonds. The number of nitrogens with zero attached hydrogens (tertiary/aromatic N) is 1. The lowest BCUT2D eigenvalue weighted by Crippen LogP contribution is -2.43. The highest BCUT2D eigenvalue weighted by Gasteiger charge is 2.25. The Hall–Kier alpha value is -2.34. The zero-order chi connectivity index (χ0) is 21.1. The van der Waals surface area contributed by atoms with Crippen molar-refractivity contribution in [3.63, 3.8) is 0 Å². The van der Waals surface area contributed by atoms with Crippen LogP contribution in [0.1, 0.15) is 50.7 Å². The number of benzene rings is 1. The normalized spacial score (nSPS) is 18.1. The van der Waals surface area contributed by atoms with Crippen LogP contribution in [0.4, 0.5) is 0 Å². The standard InChI is InChI=1S/C24H31NO5/c1-3-25(15-17-10-12-28-13-11-17)23(26)16(2)29-18-8-9-20-19-6-4-5-7-21(19)24(27)30-22(20)14-18/h8-9,14,16-17H,3-7,10-13,15H2,1-2H3. The van der Waals surface area contributed by atoms with E-state index >= 15 is 0 Å². The number of rotatable bonds is 6. The van der Waals surface area contributed by atoms with Gasteiger partial charge in [0.15, 0.2) is 6.10 Å². The minimum atomic E-state index is -0.605. The lowest BCUT2D eigenvalue weighted by Gasteiger charge is -2.30. The molecule has 4 rings (SSSR count). The molecule has 1 saturated heterocycles. The average molecular weight is 414 g/mol. The Balaban J connectivity index is 1.48. The third-order valence-electron chi connectivity index (χ3n) is 6.37. The quantitative estimate of drug-likeness (QED) is 0.675. The van der Waals surface area contributed by atoms with Crippen LogP contribution in [-0.4, -0.2) is 43.2 Å². The first-order chi connectivity index (χ1) is 14.6. The van der Waals surface area contributed by atoms with Gasteiger partial charge in [-0.1, -0.05) is 0 Å². The van der Waals surface area contributed by atoms with E-state index in [4.69, 9.17) is 13.9 Å². The van der Waals surface area contributed by atoms with Crippen LogP contribution in [0.3, 0.4) is 0 Å². The number of hydrogen-bond acceptors (Lipinski definition) is 5. The monoisotopic (exact) mass is 413 g/mol. The van der Waals surface area contributed by atoms with Gasteiger partial charge in [0.25, 0.3) is 5.91 Å². The highest BCUT2D eigenvalue weighted by atomic mass is 16.5. The van der Waals surface area contributed by atoms with E-state index < -0.39 is 6.10 Å². The van der Waals surface area contributed by atoms with Crippen molar-refractivity contribution >= 4 is 16.9 Å². The lowest BCUT2D eigenvalue weighted by molar-refractivity contribution is -0.138. The van der Waals surface area contributed by atoms with E-state index in [1.165, 1.54) is 0 Å². The van der Waals surface area contributed by atoms with Gasteiger partial charge in [-0.15, -0.1) is 0 Å². The summed E-state index contributed by atoms with van der Waals surface area (Å²) in [5.41, 5.74) is 2.22. The zero-order valence-electron chi connectivity index (χ0n) is 17.9. The second-order valence-electron chi connectivity index (χ2n) is 8.40. The van der Waals surface area contributed by atoms with E-state index in [2.05, 4.69) is 0 Å². The van der Waals surface area contributed by atoms with Crippen LogP contribution < -0.4 is 10.4 Å². The van der Waals surface area contributed by atoms with Crippen molar-refractivity contribution in [2.45, 2.75) is 58.5 Å². The van der Waals surface area contributed by atoms with Gasteiger partial charge in [-0.05, 0) is 76.0 Å². The molecule has 2 aromatic rings. The van der Waals surface area contributed by atoms with Crippen LogP contribution in [-0.2, 0) is 22.4 Å². The van der Waals surface area contributed by atoms with E-state index in [0.717, 1.165) is 74.8 Å². The SMILES string of the molecule is CCN(CC1CCOCC1)C(=O)C(C)Oc1ccc2c3c(c(=O)oc2c1)CCCC3. The van der Waals surface area contributed by atoms with Gasteiger partial charge < -0.3 is 18.8 Å². The summed E-state index contributed by atoms with van der Waals surface area (Å²) in [6.07, 6.45) is 5.20. The molecule has 1 aromatic carbocycles. The second-order valence-corrected chi connectivity index (χ2v) is 8.40. The summed E-state index contributed by atoms with van der Waals surface area (Å²) in [6, 6.07) is 5.56. The molecule has 1 fully saturated rings. The number of hydrogen-bond donors (Lipinski definition) is 0. The smallest absolute Gasteiger partial charge is 0.339 e. The first-order valence-corrected chi connectivity index (χ1v) is 11.2. The fourth-order valence-corrected chi connectivity index (χ4v) is 4.63. The number of fused-ring (bicyclic) bond motifs is 3. The van der Waals surface area contributed by atoms with Gasteiger partial charge in [-0.3, -0.25) is 4.79 Å². The molecule has 1 aromatic heterocycles. The Bertz CT molecular complexity index is 960. The molecule has 0 saturated carbocycles. The summed E-state index contributed by atoms with van der Waals surface area (Å²) in [5, 5.41) is 0.977. The molecule has 1 aliphatic heterocycles. The van der Waals surface area contributed by atoms with Gasteiger partial charge in [0.2, 0.25) is 0 Å². The molecule has 2 heterocycles. The minimum Gasteiger partial charge on any atom is -0.481 e. The Labute approximate surface area is 177 Å². The van der Waals surface area contributed by atoms with Gasteiger partial charge in [0.1, 0.15) is 11.3 Å². The van der Waals surface area contributed by atoms with Gasteiger partial charge in [0, 0.05) is 43.3 Å². The molecule has 30 heavy (non-hydrogen) atoms. The summed E-state index contributed by atoms with van der Waals surface area (Å²) in [5.74, 6) is 1.01. The molecular formula is C24H31NO5. The van der Waals surface area contributed by atoms with E-state index in [1.807, 2.05) is 24.0 Å². The largest absolute Gasteiger partial charge is 0.481 e. The molecule has 0 N–H and O–H groups in total. The molecule has 0 spiro atoms. The molecule has 6 nitrogen and oxygen atoms in total. The molecule has 2 aliphatic rings. The molecule has 0 radical (unpaired) electrons. The molecule has 6 heteroatoms. The minimum absolute atomic E-state index is 0.0176. The third kappa shape index (κ3) is 4.38. The summed E-state index contributed by atoms with van der Waals surface area (Å²) in [6.45, 7) is 6.72. The van der Waals surface area contributed by atoms with E-state index in [0.29, 0.717) is 23.8 Å². The van der Waals surface area contributed by atoms with Crippen LogP contribution in [0, 0.1) is 5.92 Å². The number of carbonyl (C=O) groups is 1. The molecular weight excluding hydrogens is 382 g/mol. The predicted molar refractivity (Wildman–Crippen MR) is 115 cm³/mol. The van der Waals surface area contributed by atoms with Gasteiger partial charge in [0.05, 0.1) is 0 Å². The maximum absolute atomic E-state index is 13.0. The molecule has 0 bridgehead atoms. The van der Waals surface area contributed by atoms with Crippen LogP contribution >= 0.6 is 0 Å². The van der Waals surface area contributed by atoms with Crippen molar-refractivity contribution in [1.29, 1.82) is 0 Å². The average Bonchev–Trinajstić information content (AvgIpc) is 2.77. The van der Waals surface area contributed by atoms with Crippen molar-refractivity contribution in [2.24, 2.45) is 5.92 Å².